The highest BCUT2D eigenvalue weighted by molar-refractivity contribution is 6.30. The Morgan fingerprint density at radius 1 is 1.40 bits per heavy atom. The lowest BCUT2D eigenvalue weighted by Gasteiger charge is -2.33. The van der Waals surface area contributed by atoms with Crippen LogP contribution in [0.3, 0.4) is 0 Å². The number of carbonyl (C=O) groups excluding carboxylic acids is 1. The van der Waals surface area contributed by atoms with E-state index < -0.39 is 11.5 Å². The van der Waals surface area contributed by atoms with Crippen molar-refractivity contribution in [3.8, 4) is 11.8 Å². The number of hydrogen-bond donors (Lipinski definition) is 2. The molecule has 25 heavy (non-hydrogen) atoms. The van der Waals surface area contributed by atoms with E-state index >= 15 is 0 Å². The molecule has 1 fully saturated rings. The van der Waals surface area contributed by atoms with Gasteiger partial charge in [-0.1, -0.05) is 29.5 Å². The Kier molecular flexibility index (Phi) is 5.08. The molecule has 1 aliphatic rings. The van der Waals surface area contributed by atoms with Crippen LogP contribution in [0.4, 0.5) is 0 Å². The van der Waals surface area contributed by atoms with Crippen molar-refractivity contribution in [2.75, 3.05) is 0 Å². The Labute approximate surface area is 152 Å². The first-order valence-corrected chi connectivity index (χ1v) is 8.59. The largest absolute Gasteiger partial charge is 0.378 e. The van der Waals surface area contributed by atoms with Crippen molar-refractivity contribution in [3.05, 3.63) is 64.4 Å². The van der Waals surface area contributed by atoms with Crippen LogP contribution < -0.4 is 5.73 Å². The second kappa shape index (κ2) is 7.26. The number of aromatic nitrogens is 1. The van der Waals surface area contributed by atoms with Crippen molar-refractivity contribution in [1.29, 1.82) is 0 Å². The minimum absolute atomic E-state index is 0.00334. The Morgan fingerprint density at radius 2 is 2.24 bits per heavy atom. The fourth-order valence-corrected chi connectivity index (χ4v) is 3.53. The van der Waals surface area contributed by atoms with Crippen LogP contribution in [0.25, 0.3) is 0 Å². The molecule has 0 spiro atoms. The predicted octanol–water partition coefficient (Wildman–Crippen LogP) is 3.27. The quantitative estimate of drug-likeness (QED) is 0.812. The highest BCUT2D eigenvalue weighted by Gasteiger charge is 2.34. The molecule has 1 amide bonds. The summed E-state index contributed by atoms with van der Waals surface area (Å²) < 4.78 is 0. The van der Waals surface area contributed by atoms with Crippen LogP contribution in [0.15, 0.2) is 42.7 Å². The molecule has 4 nitrogen and oxygen atoms in total. The lowest BCUT2D eigenvalue weighted by molar-refractivity contribution is 0.0517. The van der Waals surface area contributed by atoms with Crippen LogP contribution >= 0.6 is 11.6 Å². The molecule has 0 bridgehead atoms. The van der Waals surface area contributed by atoms with Crippen LogP contribution in [0.1, 0.15) is 53.1 Å². The van der Waals surface area contributed by atoms with Gasteiger partial charge in [-0.25, -0.2) is 0 Å². The van der Waals surface area contributed by atoms with Crippen molar-refractivity contribution in [1.82, 2.24) is 4.98 Å². The topological polar surface area (TPSA) is 76.2 Å². The van der Waals surface area contributed by atoms with E-state index in [1.807, 2.05) is 12.1 Å². The normalized spacial score (nSPS) is 22.7. The van der Waals surface area contributed by atoms with Crippen LogP contribution in [0, 0.1) is 11.8 Å². The van der Waals surface area contributed by atoms with Crippen LogP contribution in [-0.2, 0) is 0 Å². The van der Waals surface area contributed by atoms with Gasteiger partial charge in [-0.2, -0.15) is 0 Å². The average Bonchev–Trinajstić information content (AvgIpc) is 2.60. The number of primary amides is 1. The van der Waals surface area contributed by atoms with Gasteiger partial charge in [-0.05, 0) is 61.4 Å². The molecule has 3 N–H and O–H groups in total. The zero-order valence-electron chi connectivity index (χ0n) is 13.7. The molecule has 2 atom stereocenters. The number of hydrogen-bond acceptors (Lipinski definition) is 3. The molecule has 1 aliphatic carbocycles. The van der Waals surface area contributed by atoms with Gasteiger partial charge < -0.3 is 10.8 Å². The van der Waals surface area contributed by atoms with Crippen LogP contribution in [0.5, 0.6) is 0 Å². The van der Waals surface area contributed by atoms with Crippen LogP contribution in [0.2, 0.25) is 5.02 Å². The van der Waals surface area contributed by atoms with E-state index in [9.17, 15) is 9.90 Å². The number of halogens is 1. The number of carbonyl (C=O) groups is 1. The summed E-state index contributed by atoms with van der Waals surface area (Å²) >= 11 is 5.97. The Bertz CT molecular complexity index is 856. The van der Waals surface area contributed by atoms with E-state index in [1.54, 1.807) is 30.6 Å². The van der Waals surface area contributed by atoms with E-state index in [0.717, 1.165) is 24.0 Å². The second-order valence-electron chi connectivity index (χ2n) is 6.41. The standard InChI is InChI=1S/C20H19ClN2O2/c21-16-5-1-3-14(11-16)6-9-20(25)8-2-4-15(12-20)18-13-23-10-7-17(18)19(22)24/h1,3,5,7,10-11,13,15,25H,2,4,8,12H2,(H2,22,24)/t15-,20+/m0/s1. The number of rotatable bonds is 2. The first-order valence-electron chi connectivity index (χ1n) is 8.22. The van der Waals surface area contributed by atoms with Gasteiger partial charge in [0.15, 0.2) is 0 Å². The van der Waals surface area contributed by atoms with Crippen molar-refractivity contribution < 1.29 is 9.90 Å². The summed E-state index contributed by atoms with van der Waals surface area (Å²) in [7, 11) is 0. The summed E-state index contributed by atoms with van der Waals surface area (Å²) in [6.45, 7) is 0. The number of aliphatic hydroxyl groups is 1. The third-order valence-corrected chi connectivity index (χ3v) is 4.78. The van der Waals surface area contributed by atoms with Gasteiger partial charge in [0.05, 0.1) is 0 Å². The summed E-state index contributed by atoms with van der Waals surface area (Å²) in [6, 6.07) is 8.86. The molecular weight excluding hydrogens is 336 g/mol. The fourth-order valence-electron chi connectivity index (χ4n) is 3.34. The molecule has 0 radical (unpaired) electrons. The highest BCUT2D eigenvalue weighted by Crippen LogP contribution is 2.39. The molecule has 1 saturated carbocycles. The van der Waals surface area contributed by atoms with Crippen LogP contribution in [-0.4, -0.2) is 21.6 Å². The number of amides is 1. The SMILES string of the molecule is NC(=O)c1ccncc1[C@H]1CCC[C@@](O)(C#Cc2cccc(Cl)c2)C1. The molecule has 3 rings (SSSR count). The van der Waals surface area contributed by atoms with Gasteiger partial charge in [0.1, 0.15) is 5.60 Å². The molecule has 1 aromatic carbocycles. The summed E-state index contributed by atoms with van der Waals surface area (Å²) in [6.07, 6.45) is 5.96. The molecule has 1 aromatic heterocycles. The molecule has 0 unspecified atom stereocenters. The smallest absolute Gasteiger partial charge is 0.249 e. The van der Waals surface area contributed by atoms with Crippen molar-refractivity contribution >= 4 is 17.5 Å². The Balaban J connectivity index is 1.85. The highest BCUT2D eigenvalue weighted by atomic mass is 35.5. The maximum absolute atomic E-state index is 11.7. The van der Waals surface area contributed by atoms with Gasteiger partial charge in [-0.15, -0.1) is 0 Å². The number of benzene rings is 1. The Morgan fingerprint density at radius 3 is 3.00 bits per heavy atom. The Hall–Kier alpha value is -2.35. The molecule has 1 heterocycles. The van der Waals surface area contributed by atoms with Crippen molar-refractivity contribution in [2.24, 2.45) is 5.73 Å². The van der Waals surface area contributed by atoms with Gasteiger partial charge >= 0.3 is 0 Å². The molecule has 0 aliphatic heterocycles. The molecule has 0 saturated heterocycles. The monoisotopic (exact) mass is 354 g/mol. The van der Waals surface area contributed by atoms with E-state index in [2.05, 4.69) is 16.8 Å². The molecule has 5 heteroatoms. The molecular formula is C20H19ClN2O2. The third-order valence-electron chi connectivity index (χ3n) is 4.55. The fraction of sp³-hybridized carbons (Fsp3) is 0.300. The molecule has 2 aromatic rings. The van der Waals surface area contributed by atoms with Gasteiger partial charge in [-0.3, -0.25) is 9.78 Å². The number of nitrogens with zero attached hydrogens (tertiary/aromatic N) is 1. The lowest BCUT2D eigenvalue weighted by atomic mass is 9.74. The third kappa shape index (κ3) is 4.19. The summed E-state index contributed by atoms with van der Waals surface area (Å²) in [5.74, 6) is 5.54. The first kappa shape index (κ1) is 17.5. The number of pyridine rings is 1. The molecule has 128 valence electrons. The maximum Gasteiger partial charge on any atom is 0.249 e. The van der Waals surface area contributed by atoms with E-state index in [1.165, 1.54) is 0 Å². The first-order chi connectivity index (χ1) is 12.0. The minimum Gasteiger partial charge on any atom is -0.378 e. The zero-order valence-corrected chi connectivity index (χ0v) is 14.5. The van der Waals surface area contributed by atoms with Gasteiger partial charge in [0, 0.05) is 28.5 Å². The summed E-state index contributed by atoms with van der Waals surface area (Å²) in [5.41, 5.74) is 6.39. The summed E-state index contributed by atoms with van der Waals surface area (Å²) in [4.78, 5) is 15.8. The van der Waals surface area contributed by atoms with E-state index in [4.69, 9.17) is 17.3 Å². The maximum atomic E-state index is 11.7. The summed E-state index contributed by atoms with van der Waals surface area (Å²) in [5, 5.41) is 11.5. The van der Waals surface area contributed by atoms with E-state index in [-0.39, 0.29) is 5.92 Å². The second-order valence-corrected chi connectivity index (χ2v) is 6.85. The predicted molar refractivity (Wildman–Crippen MR) is 97.2 cm³/mol. The number of nitrogens with two attached hydrogens (primary N) is 1. The van der Waals surface area contributed by atoms with Crippen molar-refractivity contribution in [3.63, 3.8) is 0 Å². The van der Waals surface area contributed by atoms with Gasteiger partial charge in [0.25, 0.3) is 0 Å². The van der Waals surface area contributed by atoms with E-state index in [0.29, 0.717) is 23.4 Å². The average molecular weight is 355 g/mol. The minimum atomic E-state index is -1.10. The van der Waals surface area contributed by atoms with Crippen molar-refractivity contribution in [2.45, 2.75) is 37.2 Å². The zero-order chi connectivity index (χ0) is 17.9. The lowest BCUT2D eigenvalue weighted by Crippen LogP contribution is -2.33. The van der Waals surface area contributed by atoms with Gasteiger partial charge in [0.2, 0.25) is 5.91 Å².